The Morgan fingerprint density at radius 1 is 1.29 bits per heavy atom. The molecular formula is C13H13ClN2S. The number of nitrogens with zero attached hydrogens (tertiary/aromatic N) is 1. The molecule has 1 aromatic carbocycles. The molecule has 1 aliphatic heterocycles. The fourth-order valence-corrected chi connectivity index (χ4v) is 3.14. The van der Waals surface area contributed by atoms with Crippen LogP contribution in [0.5, 0.6) is 0 Å². The Labute approximate surface area is 111 Å². The van der Waals surface area contributed by atoms with Gasteiger partial charge in [0.25, 0.3) is 0 Å². The van der Waals surface area contributed by atoms with Crippen LogP contribution >= 0.6 is 23.8 Å². The van der Waals surface area contributed by atoms with Gasteiger partial charge in [-0.15, -0.1) is 0 Å². The van der Waals surface area contributed by atoms with E-state index in [0.717, 1.165) is 34.1 Å². The van der Waals surface area contributed by atoms with Gasteiger partial charge in [0.15, 0.2) is 0 Å². The van der Waals surface area contributed by atoms with Gasteiger partial charge in [-0.25, -0.2) is 0 Å². The predicted molar refractivity (Wildman–Crippen MR) is 74.9 cm³/mol. The molecule has 4 heteroatoms. The highest BCUT2D eigenvalue weighted by atomic mass is 35.5. The van der Waals surface area contributed by atoms with Crippen LogP contribution in [0.1, 0.15) is 31.2 Å². The summed E-state index contributed by atoms with van der Waals surface area (Å²) in [6, 6.07) is 7.72. The Morgan fingerprint density at radius 3 is 2.76 bits per heavy atom. The monoisotopic (exact) mass is 264 g/mol. The van der Waals surface area contributed by atoms with Gasteiger partial charge in [0.05, 0.1) is 0 Å². The van der Waals surface area contributed by atoms with Crippen LogP contribution in [0.25, 0.3) is 0 Å². The number of hydrogen-bond acceptors (Lipinski definition) is 2. The molecule has 1 saturated carbocycles. The molecule has 88 valence electrons. The lowest BCUT2D eigenvalue weighted by Gasteiger charge is -2.19. The molecule has 3 rings (SSSR count). The lowest BCUT2D eigenvalue weighted by Crippen LogP contribution is -2.39. The van der Waals surface area contributed by atoms with Crippen LogP contribution in [-0.4, -0.2) is 16.4 Å². The lowest BCUT2D eigenvalue weighted by atomic mass is 10.1. The summed E-state index contributed by atoms with van der Waals surface area (Å²) >= 11 is 11.4. The third kappa shape index (κ3) is 1.98. The molecule has 1 spiro atoms. The highest BCUT2D eigenvalue weighted by molar-refractivity contribution is 7.82. The van der Waals surface area contributed by atoms with E-state index in [-0.39, 0.29) is 5.66 Å². The largest absolute Gasteiger partial charge is 0.351 e. The Kier molecular flexibility index (Phi) is 2.68. The maximum absolute atomic E-state index is 6.00. The Bertz CT molecular complexity index is 504. The van der Waals surface area contributed by atoms with Crippen molar-refractivity contribution in [3.63, 3.8) is 0 Å². The second-order valence-electron chi connectivity index (χ2n) is 4.66. The average Bonchev–Trinajstić information content (AvgIpc) is 2.87. The van der Waals surface area contributed by atoms with Gasteiger partial charge in [0, 0.05) is 10.6 Å². The van der Waals surface area contributed by atoms with E-state index in [1.807, 2.05) is 24.3 Å². The molecule has 1 aliphatic carbocycles. The van der Waals surface area contributed by atoms with Gasteiger partial charge in [-0.05, 0) is 37.8 Å². The van der Waals surface area contributed by atoms with Gasteiger partial charge in [0.1, 0.15) is 16.4 Å². The van der Waals surface area contributed by atoms with Crippen LogP contribution in [0.4, 0.5) is 0 Å². The fraction of sp³-hybridized carbons (Fsp3) is 0.385. The van der Waals surface area contributed by atoms with E-state index < -0.39 is 0 Å². The quantitative estimate of drug-likeness (QED) is 0.787. The average molecular weight is 265 g/mol. The number of aliphatic imine (C=N–C) groups is 1. The Hall–Kier alpha value is -0.930. The molecule has 0 atom stereocenters. The molecule has 0 bridgehead atoms. The molecule has 0 radical (unpaired) electrons. The zero-order valence-electron chi connectivity index (χ0n) is 9.37. The molecule has 1 heterocycles. The van der Waals surface area contributed by atoms with Crippen LogP contribution in [0.15, 0.2) is 29.3 Å². The van der Waals surface area contributed by atoms with Crippen molar-refractivity contribution in [3.05, 3.63) is 34.9 Å². The molecule has 2 aliphatic rings. The number of halogens is 1. The van der Waals surface area contributed by atoms with Gasteiger partial charge in [-0.3, -0.25) is 4.99 Å². The van der Waals surface area contributed by atoms with Crippen molar-refractivity contribution < 1.29 is 0 Å². The minimum atomic E-state index is -0.116. The molecule has 1 N–H and O–H groups in total. The molecular weight excluding hydrogens is 252 g/mol. The number of thiocarbonyl (C=S) groups is 1. The van der Waals surface area contributed by atoms with Crippen molar-refractivity contribution in [2.24, 2.45) is 4.99 Å². The van der Waals surface area contributed by atoms with Gasteiger partial charge in [-0.2, -0.15) is 0 Å². The maximum Gasteiger partial charge on any atom is 0.131 e. The van der Waals surface area contributed by atoms with Gasteiger partial charge in [-0.1, -0.05) is 36.0 Å². The van der Waals surface area contributed by atoms with Crippen LogP contribution in [0.2, 0.25) is 5.02 Å². The first kappa shape index (κ1) is 11.2. The van der Waals surface area contributed by atoms with Crippen molar-refractivity contribution in [3.8, 4) is 0 Å². The van der Waals surface area contributed by atoms with Gasteiger partial charge < -0.3 is 5.32 Å². The Morgan fingerprint density at radius 2 is 2.06 bits per heavy atom. The molecule has 0 amide bonds. The minimum absolute atomic E-state index is 0.116. The zero-order chi connectivity index (χ0) is 11.9. The van der Waals surface area contributed by atoms with E-state index in [2.05, 4.69) is 5.32 Å². The number of hydrogen-bond donors (Lipinski definition) is 1. The molecule has 0 aromatic heterocycles. The summed E-state index contributed by atoms with van der Waals surface area (Å²) in [5, 5.41) is 4.10. The SMILES string of the molecule is S=C1NC2(CCCC2)N=C1c1cccc(Cl)c1. The van der Waals surface area contributed by atoms with Crippen molar-refractivity contribution in [1.29, 1.82) is 0 Å². The molecule has 2 nitrogen and oxygen atoms in total. The summed E-state index contributed by atoms with van der Waals surface area (Å²) in [5.74, 6) is 0. The summed E-state index contributed by atoms with van der Waals surface area (Å²) in [4.78, 5) is 5.58. The first-order valence-corrected chi connectivity index (χ1v) is 6.66. The summed E-state index contributed by atoms with van der Waals surface area (Å²) < 4.78 is 0. The number of nitrogens with one attached hydrogen (secondary N) is 1. The highest BCUT2D eigenvalue weighted by Gasteiger charge is 2.39. The van der Waals surface area contributed by atoms with E-state index in [1.165, 1.54) is 12.8 Å². The summed E-state index contributed by atoms with van der Waals surface area (Å²) in [6.07, 6.45) is 4.61. The fourth-order valence-electron chi connectivity index (χ4n) is 2.59. The third-order valence-corrected chi connectivity index (χ3v) is 3.95. The van der Waals surface area contributed by atoms with E-state index in [9.17, 15) is 0 Å². The maximum atomic E-state index is 6.00. The second-order valence-corrected chi connectivity index (χ2v) is 5.51. The molecule has 0 unspecified atom stereocenters. The normalized spacial score (nSPS) is 21.7. The van der Waals surface area contributed by atoms with Crippen molar-refractivity contribution in [2.75, 3.05) is 0 Å². The second kappa shape index (κ2) is 4.07. The van der Waals surface area contributed by atoms with Crippen LogP contribution in [0.3, 0.4) is 0 Å². The zero-order valence-corrected chi connectivity index (χ0v) is 10.9. The van der Waals surface area contributed by atoms with E-state index >= 15 is 0 Å². The third-order valence-electron chi connectivity index (χ3n) is 3.42. The Balaban J connectivity index is 2.00. The standard InChI is InChI=1S/C13H13ClN2S/c14-10-5-3-4-9(8-10)11-12(17)16-13(15-11)6-1-2-7-13/h3-5,8H,1-2,6-7H2,(H,16,17). The summed E-state index contributed by atoms with van der Waals surface area (Å²) in [7, 11) is 0. The minimum Gasteiger partial charge on any atom is -0.351 e. The van der Waals surface area contributed by atoms with Crippen molar-refractivity contribution in [2.45, 2.75) is 31.3 Å². The molecule has 1 fully saturated rings. The van der Waals surface area contributed by atoms with Gasteiger partial charge in [0.2, 0.25) is 0 Å². The summed E-state index contributed by atoms with van der Waals surface area (Å²) in [5.41, 5.74) is 1.79. The predicted octanol–water partition coefficient (Wildman–Crippen LogP) is 3.33. The molecule has 1 aromatic rings. The van der Waals surface area contributed by atoms with Crippen LogP contribution in [-0.2, 0) is 0 Å². The topological polar surface area (TPSA) is 24.4 Å². The van der Waals surface area contributed by atoms with Crippen LogP contribution in [0, 0.1) is 0 Å². The molecule has 0 saturated heterocycles. The van der Waals surface area contributed by atoms with Crippen molar-refractivity contribution in [1.82, 2.24) is 5.32 Å². The van der Waals surface area contributed by atoms with E-state index in [4.69, 9.17) is 28.8 Å². The highest BCUT2D eigenvalue weighted by Crippen LogP contribution is 2.34. The van der Waals surface area contributed by atoms with Crippen LogP contribution < -0.4 is 5.32 Å². The van der Waals surface area contributed by atoms with E-state index in [0.29, 0.717) is 0 Å². The van der Waals surface area contributed by atoms with E-state index in [1.54, 1.807) is 0 Å². The number of rotatable bonds is 1. The summed E-state index contributed by atoms with van der Waals surface area (Å²) in [6.45, 7) is 0. The first-order chi connectivity index (χ1) is 8.19. The number of benzene rings is 1. The smallest absolute Gasteiger partial charge is 0.131 e. The molecule has 17 heavy (non-hydrogen) atoms. The lowest BCUT2D eigenvalue weighted by molar-refractivity contribution is 0.426. The van der Waals surface area contributed by atoms with Gasteiger partial charge >= 0.3 is 0 Å². The first-order valence-electron chi connectivity index (χ1n) is 5.87. The van der Waals surface area contributed by atoms with Crippen molar-refractivity contribution >= 4 is 34.5 Å².